The average molecular weight is 335 g/mol. The summed E-state index contributed by atoms with van der Waals surface area (Å²) >= 11 is 6.07. The zero-order chi connectivity index (χ0) is 16.0. The average Bonchev–Trinajstić information content (AvgIpc) is 2.43. The van der Waals surface area contributed by atoms with Crippen LogP contribution >= 0.6 is 11.6 Å². The minimum atomic E-state index is -3.67. The zero-order valence-electron chi connectivity index (χ0n) is 12.7. The van der Waals surface area contributed by atoms with Crippen molar-refractivity contribution in [3.05, 3.63) is 28.8 Å². The van der Waals surface area contributed by atoms with Gasteiger partial charge in [0.05, 0.1) is 11.6 Å². The molecule has 1 rings (SSSR count). The van der Waals surface area contributed by atoms with Gasteiger partial charge in [0.25, 0.3) is 0 Å². The molecule has 0 saturated carbocycles. The van der Waals surface area contributed by atoms with Gasteiger partial charge in [0.1, 0.15) is 4.90 Å². The molecule has 0 aliphatic rings. The molecule has 0 atom stereocenters. The fourth-order valence-electron chi connectivity index (χ4n) is 1.92. The second-order valence-electron chi connectivity index (χ2n) is 5.22. The molecule has 0 radical (unpaired) electrons. The molecule has 0 spiro atoms. The number of sulfonamides is 1. The second-order valence-corrected chi connectivity index (χ2v) is 7.53. The monoisotopic (exact) mass is 334 g/mol. The van der Waals surface area contributed by atoms with Crippen LogP contribution in [0.5, 0.6) is 0 Å². The van der Waals surface area contributed by atoms with Crippen LogP contribution in [-0.2, 0) is 21.3 Å². The molecule has 21 heavy (non-hydrogen) atoms. The van der Waals surface area contributed by atoms with E-state index < -0.39 is 10.0 Å². The van der Waals surface area contributed by atoms with Gasteiger partial charge in [-0.3, -0.25) is 0 Å². The maximum atomic E-state index is 12.8. The number of ether oxygens (including phenoxy) is 1. The normalized spacial score (nSPS) is 12.3. The van der Waals surface area contributed by atoms with Crippen LogP contribution in [0.3, 0.4) is 0 Å². The topological polar surface area (TPSA) is 72.6 Å². The number of nitrogens with zero attached hydrogens (tertiary/aromatic N) is 1. The van der Waals surface area contributed by atoms with Gasteiger partial charge >= 0.3 is 0 Å². The van der Waals surface area contributed by atoms with E-state index in [0.717, 1.165) is 5.56 Å². The maximum absolute atomic E-state index is 12.8. The SMILES string of the molecule is COCCN(CC(C)C)S(=O)(=O)c1cc(CN)ccc1Cl. The summed E-state index contributed by atoms with van der Waals surface area (Å²) in [7, 11) is -2.12. The number of methoxy groups -OCH3 is 1. The lowest BCUT2D eigenvalue weighted by Gasteiger charge is -2.24. The molecule has 0 saturated heterocycles. The fraction of sp³-hybridized carbons (Fsp3) is 0.571. The van der Waals surface area contributed by atoms with E-state index in [0.29, 0.717) is 19.7 Å². The molecule has 0 fully saturated rings. The minimum Gasteiger partial charge on any atom is -0.383 e. The summed E-state index contributed by atoms with van der Waals surface area (Å²) in [4.78, 5) is 0.101. The van der Waals surface area contributed by atoms with Crippen molar-refractivity contribution in [2.45, 2.75) is 25.3 Å². The summed E-state index contributed by atoms with van der Waals surface area (Å²) in [5.74, 6) is 0.202. The minimum absolute atomic E-state index is 0.101. The summed E-state index contributed by atoms with van der Waals surface area (Å²) < 4.78 is 32.0. The van der Waals surface area contributed by atoms with Crippen LogP contribution < -0.4 is 5.73 Å². The Morgan fingerprint density at radius 3 is 2.57 bits per heavy atom. The zero-order valence-corrected chi connectivity index (χ0v) is 14.2. The van der Waals surface area contributed by atoms with E-state index in [4.69, 9.17) is 22.1 Å². The second kappa shape index (κ2) is 8.10. The van der Waals surface area contributed by atoms with Crippen LogP contribution in [0, 0.1) is 5.92 Å². The molecule has 120 valence electrons. The number of nitrogens with two attached hydrogens (primary N) is 1. The molecular weight excluding hydrogens is 312 g/mol. The third kappa shape index (κ3) is 4.93. The third-order valence-corrected chi connectivity index (χ3v) is 5.31. The first kappa shape index (κ1) is 18.4. The van der Waals surface area contributed by atoms with Crippen LogP contribution in [-0.4, -0.2) is 39.5 Å². The first-order valence-corrected chi connectivity index (χ1v) is 8.62. The molecule has 0 heterocycles. The molecule has 7 heteroatoms. The van der Waals surface area contributed by atoms with E-state index in [1.807, 2.05) is 13.8 Å². The van der Waals surface area contributed by atoms with Crippen LogP contribution in [0.1, 0.15) is 19.4 Å². The lowest BCUT2D eigenvalue weighted by atomic mass is 10.2. The molecule has 0 amide bonds. The van der Waals surface area contributed by atoms with Crippen molar-refractivity contribution >= 4 is 21.6 Å². The highest BCUT2D eigenvalue weighted by molar-refractivity contribution is 7.89. The van der Waals surface area contributed by atoms with E-state index in [1.54, 1.807) is 19.2 Å². The van der Waals surface area contributed by atoms with Gasteiger partial charge in [0.2, 0.25) is 10.0 Å². The molecule has 0 unspecified atom stereocenters. The molecule has 0 aliphatic carbocycles. The standard InChI is InChI=1S/C14H23ClN2O3S/c1-11(2)10-17(6-7-20-3)21(18,19)14-8-12(9-16)4-5-13(14)15/h4-5,8,11H,6-7,9-10,16H2,1-3H3. The van der Waals surface area contributed by atoms with Crippen molar-refractivity contribution in [2.24, 2.45) is 11.7 Å². The number of hydrogen-bond acceptors (Lipinski definition) is 4. The van der Waals surface area contributed by atoms with E-state index in [2.05, 4.69) is 0 Å². The summed E-state index contributed by atoms with van der Waals surface area (Å²) in [6.07, 6.45) is 0. The van der Waals surface area contributed by atoms with E-state index in [-0.39, 0.29) is 22.4 Å². The third-order valence-electron chi connectivity index (χ3n) is 2.96. The summed E-state index contributed by atoms with van der Waals surface area (Å²) in [6.45, 7) is 5.23. The number of benzene rings is 1. The maximum Gasteiger partial charge on any atom is 0.244 e. The largest absolute Gasteiger partial charge is 0.383 e. The van der Waals surface area contributed by atoms with Crippen molar-refractivity contribution in [1.82, 2.24) is 4.31 Å². The molecular formula is C14H23ClN2O3S. The van der Waals surface area contributed by atoms with Gasteiger partial charge in [-0.1, -0.05) is 31.5 Å². The van der Waals surface area contributed by atoms with Gasteiger partial charge < -0.3 is 10.5 Å². The van der Waals surface area contributed by atoms with E-state index in [9.17, 15) is 8.42 Å². The first-order valence-electron chi connectivity index (χ1n) is 6.80. The van der Waals surface area contributed by atoms with Gasteiger partial charge in [0, 0.05) is 26.7 Å². The molecule has 5 nitrogen and oxygen atoms in total. The van der Waals surface area contributed by atoms with Crippen LogP contribution in [0.15, 0.2) is 23.1 Å². The predicted molar refractivity (Wildman–Crippen MR) is 84.8 cm³/mol. The summed E-state index contributed by atoms with van der Waals surface area (Å²) in [5.41, 5.74) is 6.31. The van der Waals surface area contributed by atoms with Crippen LogP contribution in [0.2, 0.25) is 5.02 Å². The van der Waals surface area contributed by atoms with Gasteiger partial charge in [-0.15, -0.1) is 0 Å². The Bertz CT molecular complexity index is 561. The molecule has 0 bridgehead atoms. The molecule has 2 N–H and O–H groups in total. The van der Waals surface area contributed by atoms with Crippen molar-refractivity contribution in [1.29, 1.82) is 0 Å². The lowest BCUT2D eigenvalue weighted by molar-refractivity contribution is 0.175. The highest BCUT2D eigenvalue weighted by Crippen LogP contribution is 2.26. The van der Waals surface area contributed by atoms with E-state index >= 15 is 0 Å². The van der Waals surface area contributed by atoms with Crippen LogP contribution in [0.4, 0.5) is 0 Å². The molecule has 1 aromatic rings. The fourth-order valence-corrected chi connectivity index (χ4v) is 4.03. The van der Waals surface area contributed by atoms with Crippen molar-refractivity contribution in [2.75, 3.05) is 26.8 Å². The number of hydrogen-bond donors (Lipinski definition) is 1. The number of rotatable bonds is 8. The Labute approximate surface area is 132 Å². The Morgan fingerprint density at radius 2 is 2.05 bits per heavy atom. The highest BCUT2D eigenvalue weighted by atomic mass is 35.5. The molecule has 1 aromatic carbocycles. The first-order chi connectivity index (χ1) is 9.82. The number of halogens is 1. The summed E-state index contributed by atoms with van der Waals surface area (Å²) in [6, 6.07) is 4.83. The van der Waals surface area contributed by atoms with Crippen molar-refractivity contribution < 1.29 is 13.2 Å². The molecule has 0 aliphatic heterocycles. The molecule has 0 aromatic heterocycles. The Balaban J connectivity index is 3.20. The summed E-state index contributed by atoms with van der Waals surface area (Å²) in [5, 5.41) is 0.207. The quantitative estimate of drug-likeness (QED) is 0.790. The highest BCUT2D eigenvalue weighted by Gasteiger charge is 2.27. The Kier molecular flexibility index (Phi) is 7.09. The van der Waals surface area contributed by atoms with Crippen molar-refractivity contribution in [3.63, 3.8) is 0 Å². The Hall–Kier alpha value is -0.660. The van der Waals surface area contributed by atoms with Gasteiger partial charge in [0.15, 0.2) is 0 Å². The van der Waals surface area contributed by atoms with Crippen molar-refractivity contribution in [3.8, 4) is 0 Å². The van der Waals surface area contributed by atoms with Crippen LogP contribution in [0.25, 0.3) is 0 Å². The van der Waals surface area contributed by atoms with E-state index in [1.165, 1.54) is 10.4 Å². The van der Waals surface area contributed by atoms with Gasteiger partial charge in [-0.2, -0.15) is 4.31 Å². The predicted octanol–water partition coefficient (Wildman–Crippen LogP) is 2.09. The smallest absolute Gasteiger partial charge is 0.244 e. The van der Waals surface area contributed by atoms with Gasteiger partial charge in [-0.05, 0) is 23.6 Å². The van der Waals surface area contributed by atoms with Gasteiger partial charge in [-0.25, -0.2) is 8.42 Å². The Morgan fingerprint density at radius 1 is 1.38 bits per heavy atom. The lowest BCUT2D eigenvalue weighted by Crippen LogP contribution is -2.37.